The Bertz CT molecular complexity index is 663. The second kappa shape index (κ2) is 10.0. The monoisotopic (exact) mass is 432 g/mol. The Morgan fingerprint density at radius 1 is 1.10 bits per heavy atom. The number of carbonyl (C=O) groups excluding carboxylic acids is 1. The first-order valence-corrected chi connectivity index (χ1v) is 10.7. The maximum Gasteiger partial charge on any atom is 0.426 e. The first kappa shape index (κ1) is 22.2. The van der Waals surface area contributed by atoms with Crippen molar-refractivity contribution in [1.82, 2.24) is 4.90 Å². The van der Waals surface area contributed by atoms with Crippen molar-refractivity contribution in [3.05, 3.63) is 29.3 Å². The summed E-state index contributed by atoms with van der Waals surface area (Å²) in [6.45, 7) is 0.943. The lowest BCUT2D eigenvalue weighted by molar-refractivity contribution is -0.207. The highest BCUT2D eigenvalue weighted by Gasteiger charge is 2.44. The van der Waals surface area contributed by atoms with Gasteiger partial charge in [-0.15, -0.1) is 0 Å². The smallest absolute Gasteiger partial charge is 0.426 e. The largest absolute Gasteiger partial charge is 0.435 e. The Morgan fingerprint density at radius 3 is 2.41 bits per heavy atom. The maximum absolute atomic E-state index is 13.5. The van der Waals surface area contributed by atoms with E-state index in [-0.39, 0.29) is 6.54 Å². The van der Waals surface area contributed by atoms with Crippen LogP contribution in [0.1, 0.15) is 44.9 Å². The van der Waals surface area contributed by atoms with Gasteiger partial charge in [0.1, 0.15) is 0 Å². The van der Waals surface area contributed by atoms with E-state index in [1.54, 1.807) is 0 Å². The number of hydrogen-bond acceptors (Lipinski definition) is 3. The van der Waals surface area contributed by atoms with Crippen LogP contribution < -0.4 is 5.32 Å². The van der Waals surface area contributed by atoms with Gasteiger partial charge in [-0.1, -0.05) is 43.7 Å². The molecule has 0 spiro atoms. The summed E-state index contributed by atoms with van der Waals surface area (Å²) < 4.78 is 45.4. The minimum Gasteiger partial charge on any atom is -0.435 e. The number of piperidine rings is 1. The summed E-state index contributed by atoms with van der Waals surface area (Å²) in [5, 5.41) is 2.80. The molecule has 8 heteroatoms. The van der Waals surface area contributed by atoms with Gasteiger partial charge in [0, 0.05) is 23.8 Å². The van der Waals surface area contributed by atoms with Crippen LogP contribution in [0.2, 0.25) is 5.02 Å². The quantitative estimate of drug-likeness (QED) is 0.610. The Labute approximate surface area is 174 Å². The number of rotatable bonds is 5. The first-order chi connectivity index (χ1) is 13.8. The molecule has 1 aromatic carbocycles. The van der Waals surface area contributed by atoms with Gasteiger partial charge in [-0.2, -0.15) is 13.2 Å². The van der Waals surface area contributed by atoms with E-state index in [1.165, 1.54) is 56.4 Å². The average molecular weight is 433 g/mol. The van der Waals surface area contributed by atoms with Crippen LogP contribution in [0, 0.1) is 11.8 Å². The Morgan fingerprint density at radius 2 is 1.76 bits per heavy atom. The fourth-order valence-electron chi connectivity index (χ4n) is 4.50. The molecule has 2 atom stereocenters. The third-order valence-corrected chi connectivity index (χ3v) is 6.24. The summed E-state index contributed by atoms with van der Waals surface area (Å²) in [5.41, 5.74) is 0.329. The molecule has 4 nitrogen and oxygen atoms in total. The van der Waals surface area contributed by atoms with Crippen LogP contribution in [0.25, 0.3) is 0 Å². The third-order valence-electron chi connectivity index (χ3n) is 5.99. The number of nitrogens with zero attached hydrogens (tertiary/aromatic N) is 1. The highest BCUT2D eigenvalue weighted by Crippen LogP contribution is 2.35. The molecule has 2 fully saturated rings. The SMILES string of the molecule is O=C(Nc1ccc(Cl)cc1)OC(CN1CCCC(C2CCCCC2)C1)C(F)(F)F. The number of nitrogens with one attached hydrogen (secondary N) is 1. The molecule has 0 bridgehead atoms. The van der Waals surface area contributed by atoms with Crippen molar-refractivity contribution in [1.29, 1.82) is 0 Å². The van der Waals surface area contributed by atoms with Gasteiger partial charge >= 0.3 is 12.3 Å². The van der Waals surface area contributed by atoms with Crippen LogP contribution >= 0.6 is 11.6 Å². The molecule has 1 amide bonds. The Hall–Kier alpha value is -1.47. The Kier molecular flexibility index (Phi) is 7.68. The fraction of sp³-hybridized carbons (Fsp3) is 0.667. The van der Waals surface area contributed by atoms with Crippen LogP contribution in [0.5, 0.6) is 0 Å². The van der Waals surface area contributed by atoms with E-state index < -0.39 is 18.4 Å². The molecule has 3 rings (SSSR count). The summed E-state index contributed by atoms with van der Waals surface area (Å²) >= 11 is 5.77. The van der Waals surface area contributed by atoms with Crippen molar-refractivity contribution in [3.8, 4) is 0 Å². The van der Waals surface area contributed by atoms with E-state index in [2.05, 4.69) is 5.32 Å². The van der Waals surface area contributed by atoms with Gasteiger partial charge in [-0.25, -0.2) is 4.79 Å². The number of halogens is 4. The third kappa shape index (κ3) is 6.78. The molecule has 1 saturated heterocycles. The van der Waals surface area contributed by atoms with Crippen LogP contribution in [0.3, 0.4) is 0 Å². The number of hydrogen-bond donors (Lipinski definition) is 1. The standard InChI is InChI=1S/C21H28ClF3N2O2/c22-17-8-10-18(11-9-17)26-20(28)29-19(21(23,24)25)14-27-12-4-7-16(13-27)15-5-2-1-3-6-15/h8-11,15-16,19H,1-7,12-14H2,(H,26,28). The lowest BCUT2D eigenvalue weighted by Crippen LogP contribution is -2.48. The summed E-state index contributed by atoms with van der Waals surface area (Å²) in [6.07, 6.45) is 0.159. The van der Waals surface area contributed by atoms with Gasteiger partial charge < -0.3 is 4.74 Å². The topological polar surface area (TPSA) is 41.6 Å². The minimum absolute atomic E-state index is 0.319. The van der Waals surface area contributed by atoms with Gasteiger partial charge in [-0.3, -0.25) is 10.2 Å². The number of ether oxygens (including phenoxy) is 1. The second-order valence-corrected chi connectivity index (χ2v) is 8.56. The summed E-state index contributed by atoms with van der Waals surface area (Å²) in [4.78, 5) is 13.8. The molecule has 0 radical (unpaired) electrons. The number of carbonyl (C=O) groups is 1. The van der Waals surface area contributed by atoms with Gasteiger partial charge in [-0.05, 0) is 55.5 Å². The predicted octanol–water partition coefficient (Wildman–Crippen LogP) is 6.11. The molecular formula is C21H28ClF3N2O2. The molecule has 1 aliphatic carbocycles. The van der Waals surface area contributed by atoms with Crippen molar-refractivity contribution < 1.29 is 22.7 Å². The molecule has 2 aliphatic rings. The molecule has 1 aliphatic heterocycles. The molecule has 1 aromatic rings. The average Bonchev–Trinajstić information content (AvgIpc) is 2.69. The molecule has 29 heavy (non-hydrogen) atoms. The van der Waals surface area contributed by atoms with Crippen molar-refractivity contribution in [2.24, 2.45) is 11.8 Å². The van der Waals surface area contributed by atoms with Crippen molar-refractivity contribution in [3.63, 3.8) is 0 Å². The van der Waals surface area contributed by atoms with Gasteiger partial charge in [0.2, 0.25) is 6.10 Å². The summed E-state index contributed by atoms with van der Waals surface area (Å²) in [5.74, 6) is 1.06. The van der Waals surface area contributed by atoms with E-state index in [1.807, 2.05) is 4.90 Å². The van der Waals surface area contributed by atoms with E-state index in [0.29, 0.717) is 35.6 Å². The van der Waals surface area contributed by atoms with E-state index in [9.17, 15) is 18.0 Å². The van der Waals surface area contributed by atoms with Gasteiger partial charge in [0.25, 0.3) is 0 Å². The van der Waals surface area contributed by atoms with Gasteiger partial charge in [0.15, 0.2) is 0 Å². The number of likely N-dealkylation sites (tertiary alicyclic amines) is 1. The van der Waals surface area contributed by atoms with Crippen LogP contribution in [-0.4, -0.2) is 42.9 Å². The van der Waals surface area contributed by atoms with E-state index >= 15 is 0 Å². The van der Waals surface area contributed by atoms with Crippen LogP contribution in [0.15, 0.2) is 24.3 Å². The maximum atomic E-state index is 13.5. The normalized spacial score (nSPS) is 22.8. The fourth-order valence-corrected chi connectivity index (χ4v) is 4.63. The molecule has 1 heterocycles. The predicted molar refractivity (Wildman–Crippen MR) is 107 cm³/mol. The van der Waals surface area contributed by atoms with E-state index in [4.69, 9.17) is 16.3 Å². The van der Waals surface area contributed by atoms with Crippen LogP contribution in [-0.2, 0) is 4.74 Å². The second-order valence-electron chi connectivity index (χ2n) is 8.13. The first-order valence-electron chi connectivity index (χ1n) is 10.3. The van der Waals surface area contributed by atoms with Crippen molar-refractivity contribution in [2.45, 2.75) is 57.2 Å². The van der Waals surface area contributed by atoms with Crippen molar-refractivity contribution in [2.75, 3.05) is 25.0 Å². The van der Waals surface area contributed by atoms with Crippen molar-refractivity contribution >= 4 is 23.4 Å². The minimum atomic E-state index is -4.62. The lowest BCUT2D eigenvalue weighted by atomic mass is 9.76. The van der Waals surface area contributed by atoms with Gasteiger partial charge in [0.05, 0.1) is 0 Å². The number of anilines is 1. The molecule has 1 N–H and O–H groups in total. The van der Waals surface area contributed by atoms with Crippen LogP contribution in [0.4, 0.5) is 23.7 Å². The number of amides is 1. The molecule has 0 aromatic heterocycles. The molecule has 162 valence electrons. The number of alkyl halides is 3. The molecule has 1 saturated carbocycles. The van der Waals surface area contributed by atoms with E-state index in [0.717, 1.165) is 12.8 Å². The zero-order chi connectivity index (χ0) is 20.9. The highest BCUT2D eigenvalue weighted by atomic mass is 35.5. The zero-order valence-corrected chi connectivity index (χ0v) is 17.1. The Balaban J connectivity index is 1.56. The highest BCUT2D eigenvalue weighted by molar-refractivity contribution is 6.30. The molecule has 2 unspecified atom stereocenters. The summed E-state index contributed by atoms with van der Waals surface area (Å²) in [6, 6.07) is 6.09. The lowest BCUT2D eigenvalue weighted by Gasteiger charge is -2.39. The zero-order valence-electron chi connectivity index (χ0n) is 16.4. The number of benzene rings is 1. The summed E-state index contributed by atoms with van der Waals surface area (Å²) in [7, 11) is 0. The molecular weight excluding hydrogens is 405 g/mol.